The molecule has 4 rings (SSSR count). The van der Waals surface area contributed by atoms with Gasteiger partial charge in [-0.3, -0.25) is 4.99 Å². The molecule has 2 aliphatic rings. The molecule has 2 aromatic carbocycles. The predicted octanol–water partition coefficient (Wildman–Crippen LogP) is 5.64. The standard InChI is InChI=1S/C29H35ClN3O3/c1-21(2)15-17-33(20-34,25-13-14-26(35-3)29(36-4)28(25)30)19-23-24(18-22-10-6-5-7-11-22)32-16-9-8-12-27(32)31-23/h5-14,16,20-21,23-24H,15,17-19H2,1-4H3/q+1. The fourth-order valence-corrected chi connectivity index (χ4v) is 5.44. The number of allylic oxidation sites excluding steroid dienone is 2. The Bertz CT molecular complexity index is 1160. The van der Waals surface area contributed by atoms with Crippen LogP contribution in [0.2, 0.25) is 5.02 Å². The molecule has 36 heavy (non-hydrogen) atoms. The van der Waals surface area contributed by atoms with E-state index >= 15 is 0 Å². The molecule has 0 saturated heterocycles. The maximum atomic E-state index is 13.1. The Balaban J connectivity index is 1.77. The number of aliphatic imine (C=N–C) groups is 1. The first-order chi connectivity index (χ1) is 17.4. The molecule has 2 heterocycles. The molecular formula is C29H35ClN3O3+. The number of halogens is 1. The summed E-state index contributed by atoms with van der Waals surface area (Å²) in [6.45, 7) is 5.44. The van der Waals surface area contributed by atoms with Crippen molar-refractivity contribution in [2.75, 3.05) is 27.3 Å². The smallest absolute Gasteiger partial charge is 0.306 e. The molecule has 0 spiro atoms. The summed E-state index contributed by atoms with van der Waals surface area (Å²) in [5, 5.41) is 0.399. The molecule has 0 fully saturated rings. The Morgan fingerprint density at radius 3 is 2.56 bits per heavy atom. The zero-order valence-electron chi connectivity index (χ0n) is 21.4. The van der Waals surface area contributed by atoms with E-state index in [1.54, 1.807) is 14.2 Å². The van der Waals surface area contributed by atoms with Gasteiger partial charge in [0.05, 0.1) is 26.8 Å². The van der Waals surface area contributed by atoms with Gasteiger partial charge >= 0.3 is 6.41 Å². The second kappa shape index (κ2) is 11.3. The Morgan fingerprint density at radius 2 is 1.89 bits per heavy atom. The van der Waals surface area contributed by atoms with Gasteiger partial charge in [0.15, 0.2) is 17.2 Å². The summed E-state index contributed by atoms with van der Waals surface area (Å²) in [5.41, 5.74) is 1.95. The number of rotatable bonds is 11. The van der Waals surface area contributed by atoms with E-state index < -0.39 is 0 Å². The molecule has 0 N–H and O–H groups in total. The molecule has 0 aromatic heterocycles. The number of carbonyl (C=O) groups excluding carboxylic acids is 1. The zero-order chi connectivity index (χ0) is 25.7. The number of fused-ring (bicyclic) bond motifs is 1. The van der Waals surface area contributed by atoms with Crippen LogP contribution < -0.4 is 14.0 Å². The average molecular weight is 509 g/mol. The number of nitrogens with zero attached hydrogens (tertiary/aromatic N) is 3. The highest BCUT2D eigenvalue weighted by molar-refractivity contribution is 6.35. The molecule has 0 bridgehead atoms. The van der Waals surface area contributed by atoms with E-state index in [-0.39, 0.29) is 16.6 Å². The van der Waals surface area contributed by atoms with Crippen LogP contribution in [0.1, 0.15) is 25.8 Å². The van der Waals surface area contributed by atoms with Crippen molar-refractivity contribution in [3.05, 3.63) is 77.5 Å². The number of amidine groups is 1. The normalized spacial score (nSPS) is 20.2. The van der Waals surface area contributed by atoms with E-state index in [2.05, 4.69) is 49.2 Å². The van der Waals surface area contributed by atoms with Crippen molar-refractivity contribution in [3.63, 3.8) is 0 Å². The van der Waals surface area contributed by atoms with Crippen LogP contribution in [-0.4, -0.2) is 56.5 Å². The first-order valence-electron chi connectivity index (χ1n) is 12.4. The van der Waals surface area contributed by atoms with Crippen LogP contribution in [-0.2, 0) is 11.2 Å². The van der Waals surface area contributed by atoms with Crippen LogP contribution in [0.3, 0.4) is 0 Å². The second-order valence-corrected chi connectivity index (χ2v) is 10.2. The second-order valence-electron chi connectivity index (χ2n) is 9.78. The fourth-order valence-electron chi connectivity index (χ4n) is 5.04. The van der Waals surface area contributed by atoms with Gasteiger partial charge in [0.25, 0.3) is 0 Å². The SMILES string of the molecule is COc1ccc([N+](C=O)(CCC(C)C)CC2N=C3C=CC=CN3C2Cc2ccccc2)c(Cl)c1OC. The molecule has 2 aromatic rings. The van der Waals surface area contributed by atoms with E-state index in [4.69, 9.17) is 26.1 Å². The molecule has 0 saturated carbocycles. The molecule has 3 atom stereocenters. The van der Waals surface area contributed by atoms with Gasteiger partial charge in [-0.2, -0.15) is 0 Å². The third-order valence-electron chi connectivity index (χ3n) is 7.02. The van der Waals surface area contributed by atoms with Crippen molar-refractivity contribution >= 4 is 29.5 Å². The van der Waals surface area contributed by atoms with Gasteiger partial charge in [-0.15, -0.1) is 0 Å². The minimum absolute atomic E-state index is 0.0609. The lowest BCUT2D eigenvalue weighted by atomic mass is 9.97. The number of ether oxygens (including phenoxy) is 2. The van der Waals surface area contributed by atoms with Crippen molar-refractivity contribution in [2.45, 2.75) is 38.8 Å². The predicted molar refractivity (Wildman–Crippen MR) is 147 cm³/mol. The molecule has 3 unspecified atom stereocenters. The average Bonchev–Trinajstić information content (AvgIpc) is 3.23. The van der Waals surface area contributed by atoms with Crippen LogP contribution in [0.15, 0.2) is 71.9 Å². The van der Waals surface area contributed by atoms with Crippen LogP contribution in [0.4, 0.5) is 5.69 Å². The van der Waals surface area contributed by atoms with Crippen LogP contribution in [0.25, 0.3) is 0 Å². The first-order valence-corrected chi connectivity index (χ1v) is 12.8. The van der Waals surface area contributed by atoms with Crippen molar-refractivity contribution in [2.24, 2.45) is 10.9 Å². The maximum absolute atomic E-state index is 13.1. The van der Waals surface area contributed by atoms with E-state index in [0.29, 0.717) is 41.2 Å². The highest BCUT2D eigenvalue weighted by Gasteiger charge is 2.44. The zero-order valence-corrected chi connectivity index (χ0v) is 22.2. The van der Waals surface area contributed by atoms with E-state index in [1.165, 1.54) is 5.56 Å². The minimum atomic E-state index is -0.117. The lowest BCUT2D eigenvalue weighted by Crippen LogP contribution is -2.56. The molecule has 0 aliphatic carbocycles. The Kier molecular flexibility index (Phi) is 8.17. The number of methoxy groups -OCH3 is 2. The summed E-state index contributed by atoms with van der Waals surface area (Å²) in [6.07, 6.45) is 10.9. The number of hydrogen-bond donors (Lipinski definition) is 0. The lowest BCUT2D eigenvalue weighted by Gasteiger charge is -2.37. The van der Waals surface area contributed by atoms with Crippen LogP contribution >= 0.6 is 11.6 Å². The van der Waals surface area contributed by atoms with Crippen molar-refractivity contribution in [1.82, 2.24) is 9.38 Å². The van der Waals surface area contributed by atoms with Gasteiger partial charge in [0.2, 0.25) is 0 Å². The van der Waals surface area contributed by atoms with E-state index in [0.717, 1.165) is 25.1 Å². The number of carbonyl (C=O) groups is 1. The van der Waals surface area contributed by atoms with Gasteiger partial charge in [-0.05, 0) is 42.5 Å². The van der Waals surface area contributed by atoms with Crippen LogP contribution in [0, 0.1) is 5.92 Å². The summed E-state index contributed by atoms with van der Waals surface area (Å²) in [7, 11) is 3.14. The van der Waals surface area contributed by atoms with Crippen LogP contribution in [0.5, 0.6) is 11.5 Å². The molecule has 2 aliphatic heterocycles. The van der Waals surface area contributed by atoms with Gasteiger partial charge in [0, 0.05) is 12.3 Å². The largest absolute Gasteiger partial charge is 0.493 e. The highest BCUT2D eigenvalue weighted by Crippen LogP contribution is 2.44. The third-order valence-corrected chi connectivity index (χ3v) is 7.38. The number of benzene rings is 2. The highest BCUT2D eigenvalue weighted by atomic mass is 35.5. The number of quaternary nitrogens is 1. The summed E-state index contributed by atoms with van der Waals surface area (Å²) in [5.74, 6) is 2.32. The summed E-state index contributed by atoms with van der Waals surface area (Å²) >= 11 is 6.90. The maximum Gasteiger partial charge on any atom is 0.306 e. The quantitative estimate of drug-likeness (QED) is 0.291. The summed E-state index contributed by atoms with van der Waals surface area (Å²) in [4.78, 5) is 20.4. The van der Waals surface area contributed by atoms with Gasteiger partial charge in [-0.25, -0.2) is 9.28 Å². The Morgan fingerprint density at radius 1 is 1.11 bits per heavy atom. The van der Waals surface area contributed by atoms with E-state index in [1.807, 2.05) is 36.4 Å². The van der Waals surface area contributed by atoms with Gasteiger partial charge in [0.1, 0.15) is 23.4 Å². The first kappa shape index (κ1) is 26.0. The number of hydrogen-bond acceptors (Lipinski definition) is 5. The van der Waals surface area contributed by atoms with Gasteiger partial charge in [-0.1, -0.05) is 61.9 Å². The minimum Gasteiger partial charge on any atom is -0.493 e. The molecule has 190 valence electrons. The molecular weight excluding hydrogens is 474 g/mol. The topological polar surface area (TPSA) is 51.1 Å². The molecule has 0 radical (unpaired) electrons. The lowest BCUT2D eigenvalue weighted by molar-refractivity contribution is -0.118. The number of amides is 1. The molecule has 7 heteroatoms. The third kappa shape index (κ3) is 5.20. The molecule has 1 amide bonds. The summed E-state index contributed by atoms with van der Waals surface area (Å²) < 4.78 is 11.1. The Labute approximate surface area is 219 Å². The van der Waals surface area contributed by atoms with E-state index in [9.17, 15) is 4.79 Å². The van der Waals surface area contributed by atoms with Gasteiger partial charge < -0.3 is 14.4 Å². The molecule has 6 nitrogen and oxygen atoms in total. The Hall–Kier alpha value is -3.09. The van der Waals surface area contributed by atoms with Crippen molar-refractivity contribution in [3.8, 4) is 11.5 Å². The monoisotopic (exact) mass is 508 g/mol. The van der Waals surface area contributed by atoms with Crippen molar-refractivity contribution < 1.29 is 14.3 Å². The summed E-state index contributed by atoms with van der Waals surface area (Å²) in [6, 6.07) is 14.1. The fraction of sp³-hybridized carbons (Fsp3) is 0.379. The van der Waals surface area contributed by atoms with Crippen molar-refractivity contribution in [1.29, 1.82) is 0 Å².